The van der Waals surface area contributed by atoms with Crippen LogP contribution in [0.25, 0.3) is 33.6 Å². The Hall–Kier alpha value is -2.47. The van der Waals surface area contributed by atoms with E-state index in [0.717, 1.165) is 4.68 Å². The fourth-order valence-corrected chi connectivity index (χ4v) is 3.34. The molecule has 0 aliphatic carbocycles. The molecule has 4 aromatic rings. The van der Waals surface area contributed by atoms with Crippen molar-refractivity contribution in [3.63, 3.8) is 0 Å². The Morgan fingerprint density at radius 2 is 1.89 bits per heavy atom. The SMILES string of the molecule is OCC(F)(F)Cn1cc(-c2ncnc3oc(I)cc23)c(-c2ccc(F)cc2)n1. The molecule has 0 unspecified atom stereocenters. The molecule has 1 aromatic carbocycles. The molecule has 1 N–H and O–H groups in total. The fraction of sp³-hybridized carbons (Fsp3) is 0.167. The number of benzene rings is 1. The number of aliphatic hydroxyl groups excluding tert-OH is 1. The molecule has 0 radical (unpaired) electrons. The smallest absolute Gasteiger partial charge is 0.289 e. The third-order valence-corrected chi connectivity index (χ3v) is 4.59. The van der Waals surface area contributed by atoms with Crippen LogP contribution in [0.5, 0.6) is 0 Å². The van der Waals surface area contributed by atoms with Crippen molar-refractivity contribution in [2.75, 3.05) is 6.61 Å². The van der Waals surface area contributed by atoms with Crippen LogP contribution in [-0.4, -0.2) is 37.4 Å². The van der Waals surface area contributed by atoms with Crippen molar-refractivity contribution in [2.45, 2.75) is 12.5 Å². The number of hydrogen-bond donors (Lipinski definition) is 1. The first kappa shape index (κ1) is 18.9. The molecule has 144 valence electrons. The summed E-state index contributed by atoms with van der Waals surface area (Å²) in [5, 5.41) is 13.7. The summed E-state index contributed by atoms with van der Waals surface area (Å²) in [5.74, 6) is -3.76. The second kappa shape index (κ2) is 7.17. The average Bonchev–Trinajstić information content (AvgIpc) is 3.24. The lowest BCUT2D eigenvalue weighted by atomic mass is 10.0. The van der Waals surface area contributed by atoms with Crippen molar-refractivity contribution in [3.8, 4) is 22.5 Å². The van der Waals surface area contributed by atoms with Gasteiger partial charge in [0.1, 0.15) is 31.0 Å². The Labute approximate surface area is 170 Å². The molecule has 3 aromatic heterocycles. The largest absolute Gasteiger partial charge is 0.432 e. The van der Waals surface area contributed by atoms with Gasteiger partial charge in [0.15, 0.2) is 3.77 Å². The number of halogens is 4. The summed E-state index contributed by atoms with van der Waals surface area (Å²) in [7, 11) is 0. The van der Waals surface area contributed by atoms with Crippen molar-refractivity contribution in [1.82, 2.24) is 19.7 Å². The van der Waals surface area contributed by atoms with Gasteiger partial charge in [-0.2, -0.15) is 5.10 Å². The topological polar surface area (TPSA) is 77.0 Å². The van der Waals surface area contributed by atoms with Crippen LogP contribution < -0.4 is 0 Å². The van der Waals surface area contributed by atoms with Crippen LogP contribution in [0.15, 0.2) is 47.3 Å². The normalized spacial score (nSPS) is 12.0. The highest BCUT2D eigenvalue weighted by Gasteiger charge is 2.30. The molecule has 0 aliphatic heterocycles. The first-order valence-electron chi connectivity index (χ1n) is 8.09. The fourth-order valence-electron chi connectivity index (χ4n) is 2.82. The van der Waals surface area contributed by atoms with Gasteiger partial charge < -0.3 is 9.52 Å². The average molecular weight is 500 g/mol. The number of rotatable bonds is 5. The summed E-state index contributed by atoms with van der Waals surface area (Å²) >= 11 is 2.00. The van der Waals surface area contributed by atoms with Gasteiger partial charge in [0, 0.05) is 23.4 Å². The Morgan fingerprint density at radius 1 is 1.14 bits per heavy atom. The zero-order chi connectivity index (χ0) is 19.9. The standard InChI is InChI=1S/C18H12F3IN4O2/c19-11-3-1-10(2-4-11)15-13(6-26(25-15)7-18(20,21)8-27)16-12-5-14(22)28-17(12)24-9-23-16/h1-6,9,27H,7-8H2. The maximum absolute atomic E-state index is 13.7. The number of alkyl halides is 2. The number of aliphatic hydroxyl groups is 1. The van der Waals surface area contributed by atoms with Crippen LogP contribution in [0.3, 0.4) is 0 Å². The van der Waals surface area contributed by atoms with Gasteiger partial charge in [-0.25, -0.2) is 23.1 Å². The first-order valence-corrected chi connectivity index (χ1v) is 9.17. The van der Waals surface area contributed by atoms with Gasteiger partial charge in [-0.1, -0.05) is 0 Å². The Bertz CT molecular complexity index is 1140. The van der Waals surface area contributed by atoms with Crippen LogP contribution >= 0.6 is 22.6 Å². The predicted molar refractivity (Wildman–Crippen MR) is 103 cm³/mol. The molecule has 28 heavy (non-hydrogen) atoms. The van der Waals surface area contributed by atoms with Gasteiger partial charge >= 0.3 is 0 Å². The maximum atomic E-state index is 13.7. The summed E-state index contributed by atoms with van der Waals surface area (Å²) in [6, 6.07) is 7.27. The Kier molecular flexibility index (Phi) is 4.83. The monoisotopic (exact) mass is 500 g/mol. The minimum atomic E-state index is -3.34. The van der Waals surface area contributed by atoms with E-state index in [0.29, 0.717) is 37.4 Å². The minimum Gasteiger partial charge on any atom is -0.432 e. The van der Waals surface area contributed by atoms with Crippen molar-refractivity contribution in [3.05, 3.63) is 52.4 Å². The van der Waals surface area contributed by atoms with E-state index in [2.05, 4.69) is 15.1 Å². The van der Waals surface area contributed by atoms with Crippen molar-refractivity contribution >= 4 is 33.7 Å². The highest BCUT2D eigenvalue weighted by molar-refractivity contribution is 14.1. The lowest BCUT2D eigenvalue weighted by Gasteiger charge is -2.12. The van der Waals surface area contributed by atoms with E-state index in [1.54, 1.807) is 6.07 Å². The highest BCUT2D eigenvalue weighted by atomic mass is 127. The van der Waals surface area contributed by atoms with Crippen molar-refractivity contribution < 1.29 is 22.7 Å². The van der Waals surface area contributed by atoms with Gasteiger partial charge in [0.25, 0.3) is 5.92 Å². The molecule has 0 saturated carbocycles. The van der Waals surface area contributed by atoms with Crippen LogP contribution in [-0.2, 0) is 6.54 Å². The first-order chi connectivity index (χ1) is 13.4. The maximum Gasteiger partial charge on any atom is 0.289 e. The number of furan rings is 1. The molecular weight excluding hydrogens is 488 g/mol. The van der Waals surface area contributed by atoms with Gasteiger partial charge in [-0.15, -0.1) is 0 Å². The summed E-state index contributed by atoms with van der Waals surface area (Å²) in [5.41, 5.74) is 2.16. The van der Waals surface area contributed by atoms with Crippen LogP contribution in [0.2, 0.25) is 0 Å². The van der Waals surface area contributed by atoms with E-state index in [4.69, 9.17) is 9.52 Å². The summed E-state index contributed by atoms with van der Waals surface area (Å²) < 4.78 is 47.8. The molecule has 0 saturated heterocycles. The lowest BCUT2D eigenvalue weighted by Crippen LogP contribution is -2.28. The predicted octanol–water partition coefficient (Wildman–Crippen LogP) is 4.12. The van der Waals surface area contributed by atoms with Gasteiger partial charge in [0.2, 0.25) is 5.71 Å². The van der Waals surface area contributed by atoms with Gasteiger partial charge in [-0.3, -0.25) is 4.68 Å². The van der Waals surface area contributed by atoms with Crippen molar-refractivity contribution in [2.24, 2.45) is 0 Å². The Morgan fingerprint density at radius 3 is 2.61 bits per heavy atom. The lowest BCUT2D eigenvalue weighted by molar-refractivity contribution is -0.0651. The molecule has 6 nitrogen and oxygen atoms in total. The summed E-state index contributed by atoms with van der Waals surface area (Å²) in [4.78, 5) is 8.35. The molecule has 0 bridgehead atoms. The molecule has 4 rings (SSSR count). The van der Waals surface area contributed by atoms with Gasteiger partial charge in [0.05, 0.1) is 11.1 Å². The van der Waals surface area contributed by atoms with E-state index >= 15 is 0 Å². The summed E-state index contributed by atoms with van der Waals surface area (Å²) in [6.45, 7) is -2.11. The minimum absolute atomic E-state index is 0.352. The quantitative estimate of drug-likeness (QED) is 0.418. The molecule has 0 atom stereocenters. The number of nitrogens with zero attached hydrogens (tertiary/aromatic N) is 4. The van der Waals surface area contributed by atoms with E-state index in [9.17, 15) is 13.2 Å². The third kappa shape index (κ3) is 3.61. The van der Waals surface area contributed by atoms with Crippen LogP contribution in [0.4, 0.5) is 13.2 Å². The molecule has 3 heterocycles. The molecule has 10 heteroatoms. The number of hydrogen-bond acceptors (Lipinski definition) is 5. The molecule has 0 aliphatic rings. The second-order valence-corrected chi connectivity index (χ2v) is 7.16. The van der Waals surface area contributed by atoms with Gasteiger partial charge in [-0.05, 0) is 46.9 Å². The van der Waals surface area contributed by atoms with Crippen LogP contribution in [0.1, 0.15) is 0 Å². The van der Waals surface area contributed by atoms with Crippen molar-refractivity contribution in [1.29, 1.82) is 0 Å². The van der Waals surface area contributed by atoms with E-state index in [-0.39, 0.29) is 0 Å². The van der Waals surface area contributed by atoms with E-state index in [1.807, 2.05) is 22.6 Å². The third-order valence-electron chi connectivity index (χ3n) is 4.06. The second-order valence-electron chi connectivity index (χ2n) is 6.10. The molecule has 0 amide bonds. The molecule has 0 fully saturated rings. The highest BCUT2D eigenvalue weighted by Crippen LogP contribution is 2.35. The summed E-state index contributed by atoms with van der Waals surface area (Å²) in [6.07, 6.45) is 2.73. The van der Waals surface area contributed by atoms with Crippen LogP contribution in [0, 0.1) is 9.58 Å². The Balaban J connectivity index is 1.91. The van der Waals surface area contributed by atoms with E-state index < -0.39 is 24.9 Å². The molecule has 0 spiro atoms. The van der Waals surface area contributed by atoms with E-state index in [1.165, 1.54) is 36.8 Å². The number of aromatic nitrogens is 4. The zero-order valence-corrected chi connectivity index (χ0v) is 16.3. The number of fused-ring (bicyclic) bond motifs is 1. The zero-order valence-electron chi connectivity index (χ0n) is 14.1. The molecular formula is C18H12F3IN4O2.